The van der Waals surface area contributed by atoms with E-state index in [0.29, 0.717) is 5.12 Å². The minimum atomic E-state index is -1.31. The molecule has 2 aliphatic rings. The zero-order valence-corrected chi connectivity index (χ0v) is 17.7. The Morgan fingerprint density at radius 1 is 0.957 bits per heavy atom. The van der Waals surface area contributed by atoms with Gasteiger partial charge in [-0.2, -0.15) is 0 Å². The van der Waals surface area contributed by atoms with Crippen molar-refractivity contribution in [3.8, 4) is 0 Å². The Balaban J connectivity index is 2.15. The first-order valence-electron chi connectivity index (χ1n) is 9.34. The number of benzene rings is 1. The molecule has 1 aromatic rings. The van der Waals surface area contributed by atoms with Crippen LogP contribution in [0.1, 0.15) is 59.8 Å². The van der Waals surface area contributed by atoms with Crippen LogP contribution < -0.4 is 10.6 Å². The molecule has 0 bridgehead atoms. The Hall–Kier alpha value is 0.370. The molecular weight excluding hydrogens is 338 g/mol. The van der Waals surface area contributed by atoms with E-state index in [-0.39, 0.29) is 0 Å². The Bertz CT molecular complexity index is 534. The van der Waals surface area contributed by atoms with Crippen molar-refractivity contribution in [2.24, 2.45) is 5.92 Å². The lowest BCUT2D eigenvalue weighted by molar-refractivity contribution is 0.487. The molecule has 1 saturated heterocycles. The summed E-state index contributed by atoms with van der Waals surface area (Å²) < 4.78 is 0. The fourth-order valence-electron chi connectivity index (χ4n) is 4.95. The fourth-order valence-corrected chi connectivity index (χ4v) is 14.7. The van der Waals surface area contributed by atoms with E-state index in [1.54, 1.807) is 10.6 Å². The summed E-state index contributed by atoms with van der Waals surface area (Å²) in [6, 6.07) is 9.39. The molecule has 0 saturated carbocycles. The first-order chi connectivity index (χ1) is 11.0. The Kier molecular flexibility index (Phi) is 5.78. The van der Waals surface area contributed by atoms with Gasteiger partial charge in [-0.15, -0.1) is 0 Å². The van der Waals surface area contributed by atoms with Crippen LogP contribution in [0.3, 0.4) is 0 Å². The van der Waals surface area contributed by atoms with E-state index in [0.717, 1.165) is 31.5 Å². The Morgan fingerprint density at radius 3 is 2.30 bits per heavy atom. The molecule has 2 aliphatic heterocycles. The third-order valence-electron chi connectivity index (χ3n) is 6.34. The molecule has 128 valence electrons. The summed E-state index contributed by atoms with van der Waals surface area (Å²) in [5.41, 5.74) is 2.42. The predicted molar refractivity (Wildman–Crippen MR) is 111 cm³/mol. The molecule has 0 amide bonds. The van der Waals surface area contributed by atoms with Crippen molar-refractivity contribution in [2.45, 2.75) is 81.9 Å². The van der Waals surface area contributed by atoms with Crippen molar-refractivity contribution in [1.82, 2.24) is 0 Å². The van der Waals surface area contributed by atoms with Crippen LogP contribution in [0, 0.1) is 5.92 Å². The van der Waals surface area contributed by atoms with Crippen molar-refractivity contribution in [3.05, 3.63) is 24.3 Å². The van der Waals surface area contributed by atoms with Crippen molar-refractivity contribution in [1.29, 1.82) is 0 Å². The summed E-state index contributed by atoms with van der Waals surface area (Å²) in [6.45, 7) is 9.90. The molecule has 0 nitrogen and oxygen atoms in total. The lowest BCUT2D eigenvalue weighted by Gasteiger charge is -2.38. The van der Waals surface area contributed by atoms with Crippen LogP contribution in [0.2, 0.25) is 0 Å². The van der Waals surface area contributed by atoms with E-state index in [2.05, 4.69) is 52.0 Å². The smallest absolute Gasteiger partial charge is 0.0832 e. The molecule has 6 atom stereocenters. The van der Waals surface area contributed by atoms with Crippen LogP contribution in [0.5, 0.6) is 0 Å². The molecule has 1 spiro atoms. The van der Waals surface area contributed by atoms with Crippen LogP contribution in [-0.4, -0.2) is 22.1 Å². The molecule has 23 heavy (non-hydrogen) atoms. The monoisotopic (exact) mass is 369 g/mol. The third-order valence-corrected chi connectivity index (χ3v) is 15.0. The van der Waals surface area contributed by atoms with Gasteiger partial charge in [0.25, 0.3) is 0 Å². The van der Waals surface area contributed by atoms with Gasteiger partial charge in [-0.25, -0.2) is 0 Å². The highest BCUT2D eigenvalue weighted by Crippen LogP contribution is 2.76. The second kappa shape index (κ2) is 7.32. The minimum absolute atomic E-state index is 0.379. The van der Waals surface area contributed by atoms with Gasteiger partial charge in [0.2, 0.25) is 0 Å². The third kappa shape index (κ3) is 3.26. The summed E-state index contributed by atoms with van der Waals surface area (Å²) in [5, 5.41) is 3.73. The quantitative estimate of drug-likeness (QED) is 0.390. The molecule has 2 heterocycles. The van der Waals surface area contributed by atoms with Crippen LogP contribution in [0.25, 0.3) is 0 Å². The predicted octanol–water partition coefficient (Wildman–Crippen LogP) is 5.98. The van der Waals surface area contributed by atoms with Gasteiger partial charge in [0.1, 0.15) is 10.4 Å². The van der Waals surface area contributed by atoms with Crippen LogP contribution in [0.15, 0.2) is 24.3 Å². The molecule has 0 aromatic heterocycles. The molecular formula is C20H32ClP2+. The van der Waals surface area contributed by atoms with Crippen LogP contribution in [-0.2, 0) is 0 Å². The minimum Gasteiger partial charge on any atom is -0.0832 e. The molecule has 3 heteroatoms. The second-order valence-electron chi connectivity index (χ2n) is 8.03. The van der Waals surface area contributed by atoms with Crippen molar-refractivity contribution < 1.29 is 0 Å². The van der Waals surface area contributed by atoms with E-state index >= 15 is 0 Å². The molecule has 0 N–H and O–H groups in total. The molecule has 2 unspecified atom stereocenters. The van der Waals surface area contributed by atoms with Gasteiger partial charge in [-0.3, -0.25) is 0 Å². The first-order valence-corrected chi connectivity index (χ1v) is 12.9. The van der Waals surface area contributed by atoms with E-state index in [1.807, 2.05) is 0 Å². The topological polar surface area (TPSA) is 0 Å². The highest BCUT2D eigenvalue weighted by atomic mass is 35.5. The van der Waals surface area contributed by atoms with E-state index in [4.69, 9.17) is 11.6 Å². The van der Waals surface area contributed by atoms with E-state index in [9.17, 15) is 0 Å². The first kappa shape index (κ1) is 18.2. The Morgan fingerprint density at radius 2 is 1.61 bits per heavy atom. The largest absolute Gasteiger partial charge is 0.148 e. The van der Waals surface area contributed by atoms with Crippen LogP contribution >= 0.6 is 27.4 Å². The lowest BCUT2D eigenvalue weighted by Crippen LogP contribution is -2.37. The Labute approximate surface area is 150 Å². The average molecular weight is 370 g/mol. The normalized spacial score (nSPS) is 38.6. The van der Waals surface area contributed by atoms with Gasteiger partial charge in [0.15, 0.2) is 0 Å². The summed E-state index contributed by atoms with van der Waals surface area (Å²) in [7, 11) is -0.358. The molecule has 0 radical (unpaired) electrons. The average Bonchev–Trinajstić information content (AvgIpc) is 2.81. The fraction of sp³-hybridized carbons (Fsp3) is 0.700. The maximum atomic E-state index is 7.28. The van der Waals surface area contributed by atoms with Crippen molar-refractivity contribution in [2.75, 3.05) is 0 Å². The number of hydrogen-bond acceptors (Lipinski definition) is 0. The molecule has 1 aromatic carbocycles. The van der Waals surface area contributed by atoms with Gasteiger partial charge in [-0.05, 0) is 57.2 Å². The zero-order valence-electron chi connectivity index (χ0n) is 15.1. The van der Waals surface area contributed by atoms with Gasteiger partial charge in [0.05, 0.1) is 18.6 Å². The highest BCUT2D eigenvalue weighted by Gasteiger charge is 2.60. The second-order valence-corrected chi connectivity index (χ2v) is 15.2. The van der Waals surface area contributed by atoms with E-state index in [1.165, 1.54) is 32.1 Å². The lowest BCUT2D eigenvalue weighted by atomic mass is 10.0. The summed E-state index contributed by atoms with van der Waals surface area (Å²) in [4.78, 5) is 0. The highest BCUT2D eigenvalue weighted by molar-refractivity contribution is 7.87. The van der Waals surface area contributed by atoms with Crippen molar-refractivity contribution >= 4 is 38.1 Å². The number of rotatable bonds is 0. The molecule has 3 rings (SSSR count). The number of fused-ring (bicyclic) bond motifs is 2. The molecule has 0 aliphatic carbocycles. The molecule has 1 fully saturated rings. The SMILES string of the molecule is C[C@H]1CC[C@H](C)Pc2ccccc2[P+]2(C(Cl)C1)[C@@H](C)CC[C@@H]2C. The van der Waals surface area contributed by atoms with Gasteiger partial charge in [0, 0.05) is 11.7 Å². The maximum absolute atomic E-state index is 7.28. The van der Waals surface area contributed by atoms with Crippen LogP contribution in [0.4, 0.5) is 0 Å². The van der Waals surface area contributed by atoms with Crippen molar-refractivity contribution in [3.63, 3.8) is 0 Å². The van der Waals surface area contributed by atoms with Gasteiger partial charge in [-0.1, -0.05) is 52.2 Å². The standard InChI is InChI=1S/C20H32ClP2/c1-14-9-10-15(2)22-18-7-5-6-8-19(18)23(20(21)13-14)16(3)11-12-17(23)4/h5-8,14-17,20,22H,9-13H2,1-4H3/q+1/t14-,15-,16-,17-,20?/m0/s1. The van der Waals surface area contributed by atoms with E-state index < -0.39 is 7.26 Å². The summed E-state index contributed by atoms with van der Waals surface area (Å²) >= 11 is 7.28. The number of alkyl halides is 1. The summed E-state index contributed by atoms with van der Waals surface area (Å²) in [6.07, 6.45) is 6.67. The summed E-state index contributed by atoms with van der Waals surface area (Å²) in [5.74, 6) is 0.770. The number of halogens is 1. The zero-order chi connectivity index (χ0) is 16.6. The number of hydrogen-bond donors (Lipinski definition) is 0. The van der Waals surface area contributed by atoms with Gasteiger partial charge >= 0.3 is 0 Å². The van der Waals surface area contributed by atoms with Gasteiger partial charge < -0.3 is 0 Å². The maximum Gasteiger partial charge on any atom is 0.148 e.